The second-order valence-corrected chi connectivity index (χ2v) is 4.60. The van der Waals surface area contributed by atoms with Crippen LogP contribution in [0.15, 0.2) is 18.3 Å². The van der Waals surface area contributed by atoms with E-state index in [4.69, 9.17) is 11.6 Å². The first-order valence-corrected chi connectivity index (χ1v) is 5.49. The lowest BCUT2D eigenvalue weighted by molar-refractivity contribution is 0.341. The van der Waals surface area contributed by atoms with Crippen molar-refractivity contribution in [2.24, 2.45) is 5.92 Å². The molecule has 1 heterocycles. The molecule has 0 radical (unpaired) electrons. The molecule has 76 valence electrons. The molecule has 0 spiro atoms. The Balaban J connectivity index is 1.83. The van der Waals surface area contributed by atoms with E-state index in [-0.39, 0.29) is 0 Å². The number of pyridine rings is 1. The zero-order valence-electron chi connectivity index (χ0n) is 8.33. The fourth-order valence-electron chi connectivity index (χ4n) is 1.73. The van der Waals surface area contributed by atoms with Crippen molar-refractivity contribution in [1.82, 2.24) is 4.98 Å². The van der Waals surface area contributed by atoms with E-state index in [1.807, 2.05) is 12.3 Å². The maximum atomic E-state index is 5.91. The summed E-state index contributed by atoms with van der Waals surface area (Å²) in [5, 5.41) is 3.77. The summed E-state index contributed by atoms with van der Waals surface area (Å²) in [6, 6.07) is 4.03. The summed E-state index contributed by atoms with van der Waals surface area (Å²) in [5.74, 6) is 1.74. The molecule has 0 amide bonds. The Labute approximate surface area is 89.7 Å². The maximum absolute atomic E-state index is 5.91. The molecule has 1 fully saturated rings. The molecule has 1 N–H and O–H groups in total. The first kappa shape index (κ1) is 9.78. The summed E-state index contributed by atoms with van der Waals surface area (Å²) in [6.45, 7) is 3.07. The second kappa shape index (κ2) is 4.18. The molecule has 2 nitrogen and oxygen atoms in total. The van der Waals surface area contributed by atoms with Crippen LogP contribution in [-0.2, 0) is 0 Å². The van der Waals surface area contributed by atoms with Gasteiger partial charge in [-0.1, -0.05) is 6.07 Å². The maximum Gasteiger partial charge on any atom is 0.128 e. The smallest absolute Gasteiger partial charge is 0.128 e. The quantitative estimate of drug-likeness (QED) is 0.777. The van der Waals surface area contributed by atoms with Gasteiger partial charge in [-0.2, -0.15) is 0 Å². The molecule has 1 aliphatic carbocycles. The van der Waals surface area contributed by atoms with Gasteiger partial charge in [0, 0.05) is 18.1 Å². The van der Waals surface area contributed by atoms with E-state index in [1.54, 1.807) is 0 Å². The van der Waals surface area contributed by atoms with E-state index in [0.717, 1.165) is 31.1 Å². The van der Waals surface area contributed by atoms with Crippen molar-refractivity contribution in [1.29, 1.82) is 0 Å². The molecule has 1 saturated carbocycles. The Kier molecular flexibility index (Phi) is 2.92. The molecule has 1 aromatic heterocycles. The highest BCUT2D eigenvalue weighted by Gasteiger charge is 2.26. The number of aryl methyl sites for hydroxylation is 1. The summed E-state index contributed by atoms with van der Waals surface area (Å²) >= 11 is 5.91. The number of alkyl halides is 1. The Morgan fingerprint density at radius 3 is 3.00 bits per heavy atom. The molecular formula is C11H15ClN2. The van der Waals surface area contributed by atoms with E-state index in [9.17, 15) is 0 Å². The van der Waals surface area contributed by atoms with Crippen LogP contribution >= 0.6 is 11.6 Å². The summed E-state index contributed by atoms with van der Waals surface area (Å²) in [5.41, 5.74) is 1.20. The van der Waals surface area contributed by atoms with Crippen LogP contribution in [0, 0.1) is 12.8 Å². The van der Waals surface area contributed by atoms with E-state index in [1.165, 1.54) is 5.56 Å². The first-order chi connectivity index (χ1) is 6.75. The fraction of sp³-hybridized carbons (Fsp3) is 0.545. The molecular weight excluding hydrogens is 196 g/mol. The van der Waals surface area contributed by atoms with Gasteiger partial charge in [0.15, 0.2) is 0 Å². The van der Waals surface area contributed by atoms with Gasteiger partial charge < -0.3 is 5.32 Å². The van der Waals surface area contributed by atoms with Gasteiger partial charge in [0.25, 0.3) is 0 Å². The van der Waals surface area contributed by atoms with Gasteiger partial charge in [-0.05, 0) is 37.3 Å². The molecule has 0 bridgehead atoms. The molecule has 0 unspecified atom stereocenters. The van der Waals surface area contributed by atoms with Crippen LogP contribution in [0.1, 0.15) is 18.4 Å². The van der Waals surface area contributed by atoms with Crippen LogP contribution < -0.4 is 5.32 Å². The van der Waals surface area contributed by atoms with E-state index in [2.05, 4.69) is 23.3 Å². The van der Waals surface area contributed by atoms with Crippen molar-refractivity contribution in [2.75, 3.05) is 11.9 Å². The van der Waals surface area contributed by atoms with Crippen LogP contribution in [0.4, 0.5) is 5.82 Å². The van der Waals surface area contributed by atoms with Crippen LogP contribution in [0.5, 0.6) is 0 Å². The minimum Gasteiger partial charge on any atom is -0.370 e. The number of nitrogens with one attached hydrogen (secondary N) is 1. The van der Waals surface area contributed by atoms with Gasteiger partial charge in [0.05, 0.1) is 0 Å². The van der Waals surface area contributed by atoms with Gasteiger partial charge in [-0.25, -0.2) is 4.98 Å². The summed E-state index contributed by atoms with van der Waals surface area (Å²) < 4.78 is 0. The van der Waals surface area contributed by atoms with Crippen molar-refractivity contribution in [2.45, 2.75) is 25.1 Å². The average Bonchev–Trinajstić information content (AvgIpc) is 2.13. The number of halogens is 1. The lowest BCUT2D eigenvalue weighted by Gasteiger charge is -2.31. The van der Waals surface area contributed by atoms with Crippen molar-refractivity contribution in [3.8, 4) is 0 Å². The third-order valence-corrected chi connectivity index (χ3v) is 3.10. The topological polar surface area (TPSA) is 24.9 Å². The number of hydrogen-bond donors (Lipinski definition) is 1. The number of rotatable bonds is 3. The zero-order chi connectivity index (χ0) is 9.97. The molecule has 2 rings (SSSR count). The summed E-state index contributed by atoms with van der Waals surface area (Å²) in [7, 11) is 0. The Hall–Kier alpha value is -0.760. The molecule has 0 saturated heterocycles. The molecule has 0 aromatic carbocycles. The highest BCUT2D eigenvalue weighted by molar-refractivity contribution is 6.21. The van der Waals surface area contributed by atoms with Crippen LogP contribution in [0.2, 0.25) is 0 Å². The lowest BCUT2D eigenvalue weighted by Crippen LogP contribution is -2.30. The predicted octanol–water partition coefficient (Wildman–Crippen LogP) is 2.82. The lowest BCUT2D eigenvalue weighted by atomic mass is 9.85. The van der Waals surface area contributed by atoms with Gasteiger partial charge in [0.1, 0.15) is 5.82 Å². The number of anilines is 1. The summed E-state index contributed by atoms with van der Waals surface area (Å²) in [6.07, 6.45) is 4.10. The Morgan fingerprint density at radius 1 is 1.57 bits per heavy atom. The third-order valence-electron chi connectivity index (χ3n) is 2.75. The zero-order valence-corrected chi connectivity index (χ0v) is 9.09. The number of aromatic nitrogens is 1. The standard InChI is InChI=1S/C11H15ClN2/c1-8-3-2-4-13-11(8)14-7-9-5-10(12)6-9/h2-4,9-10H,5-7H2,1H3,(H,13,14). The van der Waals surface area contributed by atoms with Gasteiger partial charge in [-0.3, -0.25) is 0 Å². The minimum absolute atomic E-state index is 0.409. The van der Waals surface area contributed by atoms with Crippen molar-refractivity contribution in [3.63, 3.8) is 0 Å². The van der Waals surface area contributed by atoms with Crippen LogP contribution in [-0.4, -0.2) is 16.9 Å². The van der Waals surface area contributed by atoms with Gasteiger partial charge in [-0.15, -0.1) is 11.6 Å². The summed E-state index contributed by atoms with van der Waals surface area (Å²) in [4.78, 5) is 4.28. The molecule has 3 heteroatoms. The van der Waals surface area contributed by atoms with E-state index < -0.39 is 0 Å². The van der Waals surface area contributed by atoms with Gasteiger partial charge in [0.2, 0.25) is 0 Å². The highest BCUT2D eigenvalue weighted by atomic mass is 35.5. The Bertz CT molecular complexity index is 308. The highest BCUT2D eigenvalue weighted by Crippen LogP contribution is 2.31. The van der Waals surface area contributed by atoms with Crippen LogP contribution in [0.3, 0.4) is 0 Å². The largest absolute Gasteiger partial charge is 0.370 e. The number of hydrogen-bond acceptors (Lipinski definition) is 2. The monoisotopic (exact) mass is 210 g/mol. The molecule has 14 heavy (non-hydrogen) atoms. The van der Waals surface area contributed by atoms with Crippen molar-refractivity contribution in [3.05, 3.63) is 23.9 Å². The van der Waals surface area contributed by atoms with Crippen molar-refractivity contribution >= 4 is 17.4 Å². The molecule has 0 atom stereocenters. The second-order valence-electron chi connectivity index (χ2n) is 3.98. The Morgan fingerprint density at radius 2 is 2.36 bits per heavy atom. The molecule has 1 aromatic rings. The SMILES string of the molecule is Cc1cccnc1NCC1CC(Cl)C1. The average molecular weight is 211 g/mol. The number of nitrogens with zero attached hydrogens (tertiary/aromatic N) is 1. The van der Waals surface area contributed by atoms with Crippen molar-refractivity contribution < 1.29 is 0 Å². The minimum atomic E-state index is 0.409. The van der Waals surface area contributed by atoms with E-state index >= 15 is 0 Å². The predicted molar refractivity (Wildman–Crippen MR) is 59.8 cm³/mol. The van der Waals surface area contributed by atoms with Gasteiger partial charge >= 0.3 is 0 Å². The fourth-order valence-corrected chi connectivity index (χ4v) is 2.24. The molecule has 1 aliphatic rings. The van der Waals surface area contributed by atoms with Crippen LogP contribution in [0.25, 0.3) is 0 Å². The normalized spacial score (nSPS) is 25.6. The molecule has 0 aliphatic heterocycles. The van der Waals surface area contributed by atoms with E-state index in [0.29, 0.717) is 5.38 Å². The third kappa shape index (κ3) is 2.18. The first-order valence-electron chi connectivity index (χ1n) is 5.05.